The van der Waals surface area contributed by atoms with Crippen LogP contribution in [0.15, 0.2) is 21.1 Å². The Morgan fingerprint density at radius 1 is 1.24 bits per heavy atom. The zero-order valence-corrected chi connectivity index (χ0v) is 18.0. The molecule has 0 atom stereocenters. The van der Waals surface area contributed by atoms with Gasteiger partial charge >= 0.3 is 5.69 Å². The quantitative estimate of drug-likeness (QED) is 0.412. The summed E-state index contributed by atoms with van der Waals surface area (Å²) in [5.41, 5.74) is 5.04. The van der Waals surface area contributed by atoms with Crippen LogP contribution in [-0.2, 0) is 18.4 Å². The van der Waals surface area contributed by atoms with Gasteiger partial charge in [-0.15, -0.1) is 10.2 Å². The van der Waals surface area contributed by atoms with Crippen LogP contribution in [0.25, 0.3) is 0 Å². The maximum atomic E-state index is 13.0. The molecule has 2 aromatic rings. The van der Waals surface area contributed by atoms with Crippen LogP contribution < -0.4 is 21.9 Å². The number of nitrogens with two attached hydrogens (primary N) is 1. The standard InChI is InChI=1S/C18H29N7O3S/c1-4-6-8-10-24(13(26)11-29-18-22-20-12-23(18)3)14-15(19)25(9-7-5-2)17(28)21-16(14)27/h12H,4-11,19H2,1-3H3,(H,21,27,28). The summed E-state index contributed by atoms with van der Waals surface area (Å²) in [4.78, 5) is 41.5. The summed E-state index contributed by atoms with van der Waals surface area (Å²) in [6, 6.07) is 0. The first-order chi connectivity index (χ1) is 13.9. The van der Waals surface area contributed by atoms with Crippen LogP contribution in [0, 0.1) is 0 Å². The van der Waals surface area contributed by atoms with Gasteiger partial charge in [0.2, 0.25) is 5.91 Å². The zero-order chi connectivity index (χ0) is 21.4. The lowest BCUT2D eigenvalue weighted by molar-refractivity contribution is -0.116. The number of carbonyl (C=O) groups excluding carboxylic acids is 1. The average Bonchev–Trinajstić information content (AvgIpc) is 3.09. The Labute approximate surface area is 173 Å². The zero-order valence-electron chi connectivity index (χ0n) is 17.2. The number of unbranched alkanes of at least 4 members (excludes halogenated alkanes) is 3. The molecular weight excluding hydrogens is 394 g/mol. The van der Waals surface area contributed by atoms with Gasteiger partial charge in [0, 0.05) is 20.1 Å². The Balaban J connectivity index is 2.35. The summed E-state index contributed by atoms with van der Waals surface area (Å²) >= 11 is 1.23. The Bertz CT molecular complexity index is 934. The van der Waals surface area contributed by atoms with E-state index in [0.717, 1.165) is 32.1 Å². The van der Waals surface area contributed by atoms with Crippen LogP contribution in [0.1, 0.15) is 46.0 Å². The van der Waals surface area contributed by atoms with E-state index in [0.29, 0.717) is 18.2 Å². The second-order valence-corrected chi connectivity index (χ2v) is 7.71. The summed E-state index contributed by atoms with van der Waals surface area (Å²) in [7, 11) is 1.79. The molecular formula is C18H29N7O3S. The van der Waals surface area contributed by atoms with Crippen LogP contribution >= 0.6 is 11.8 Å². The van der Waals surface area contributed by atoms with Crippen LogP contribution in [0.2, 0.25) is 0 Å². The normalized spacial score (nSPS) is 11.0. The number of carbonyl (C=O) groups is 1. The van der Waals surface area contributed by atoms with Crippen LogP contribution in [0.4, 0.5) is 11.5 Å². The van der Waals surface area contributed by atoms with E-state index in [9.17, 15) is 14.4 Å². The van der Waals surface area contributed by atoms with Crippen molar-refractivity contribution in [3.63, 3.8) is 0 Å². The summed E-state index contributed by atoms with van der Waals surface area (Å²) < 4.78 is 3.04. The van der Waals surface area contributed by atoms with E-state index >= 15 is 0 Å². The molecule has 0 fully saturated rings. The molecule has 29 heavy (non-hydrogen) atoms. The van der Waals surface area contributed by atoms with Crippen molar-refractivity contribution in [2.75, 3.05) is 22.9 Å². The highest BCUT2D eigenvalue weighted by atomic mass is 32.2. The number of nitrogen functional groups attached to an aromatic ring is 1. The van der Waals surface area contributed by atoms with Crippen molar-refractivity contribution in [1.82, 2.24) is 24.3 Å². The fourth-order valence-electron chi connectivity index (χ4n) is 2.87. The maximum Gasteiger partial charge on any atom is 0.330 e. The van der Waals surface area contributed by atoms with Gasteiger partial charge in [0.05, 0.1) is 5.75 Å². The van der Waals surface area contributed by atoms with Gasteiger partial charge in [0.1, 0.15) is 12.1 Å². The van der Waals surface area contributed by atoms with Gasteiger partial charge in [-0.3, -0.25) is 19.1 Å². The number of hydrogen-bond acceptors (Lipinski definition) is 7. The molecule has 2 heterocycles. The SMILES string of the molecule is CCCCCN(C(=O)CSc1nncn1C)c1c(N)n(CCCC)c(=O)[nH]c1=O. The van der Waals surface area contributed by atoms with Crippen molar-refractivity contribution in [2.24, 2.45) is 7.05 Å². The fraction of sp³-hybridized carbons (Fsp3) is 0.611. The highest BCUT2D eigenvalue weighted by Crippen LogP contribution is 2.21. The fourth-order valence-corrected chi connectivity index (χ4v) is 3.63. The van der Waals surface area contributed by atoms with E-state index in [1.165, 1.54) is 21.2 Å². The molecule has 0 saturated carbocycles. The second-order valence-electron chi connectivity index (χ2n) is 6.76. The van der Waals surface area contributed by atoms with Crippen LogP contribution in [0.5, 0.6) is 0 Å². The van der Waals surface area contributed by atoms with E-state index in [4.69, 9.17) is 5.73 Å². The largest absolute Gasteiger partial charge is 0.383 e. The minimum absolute atomic E-state index is 0.0284. The molecule has 0 aromatic carbocycles. The molecule has 3 N–H and O–H groups in total. The third-order valence-electron chi connectivity index (χ3n) is 4.50. The number of rotatable bonds is 11. The highest BCUT2D eigenvalue weighted by molar-refractivity contribution is 7.99. The van der Waals surface area contributed by atoms with E-state index < -0.39 is 11.2 Å². The summed E-state index contributed by atoms with van der Waals surface area (Å²) in [6.07, 6.45) is 5.77. The summed E-state index contributed by atoms with van der Waals surface area (Å²) in [6.45, 7) is 4.79. The molecule has 10 nitrogen and oxygen atoms in total. The number of aromatic nitrogens is 5. The number of aryl methyl sites for hydroxylation is 1. The molecule has 0 aliphatic rings. The minimum atomic E-state index is -0.645. The number of amides is 1. The molecule has 11 heteroatoms. The predicted octanol–water partition coefficient (Wildman–Crippen LogP) is 1.36. The van der Waals surface area contributed by atoms with Crippen LogP contribution in [-0.4, -0.2) is 42.5 Å². The summed E-state index contributed by atoms with van der Waals surface area (Å²) in [5.74, 6) is -0.168. The third-order valence-corrected chi connectivity index (χ3v) is 5.52. The summed E-state index contributed by atoms with van der Waals surface area (Å²) in [5, 5.41) is 8.35. The molecule has 1 amide bonds. The van der Waals surface area contributed by atoms with Gasteiger partial charge in [-0.25, -0.2) is 4.79 Å². The molecule has 0 spiro atoms. The molecule has 160 valence electrons. The Hall–Kier alpha value is -2.56. The maximum absolute atomic E-state index is 13.0. The Morgan fingerprint density at radius 2 is 1.97 bits per heavy atom. The van der Waals surface area contributed by atoms with Crippen molar-refractivity contribution in [1.29, 1.82) is 0 Å². The number of thioether (sulfide) groups is 1. The molecule has 2 rings (SSSR count). The van der Waals surface area contributed by atoms with Crippen molar-refractivity contribution < 1.29 is 4.79 Å². The first kappa shape index (κ1) is 22.7. The predicted molar refractivity (Wildman–Crippen MR) is 114 cm³/mol. The van der Waals surface area contributed by atoms with Gasteiger partial charge < -0.3 is 15.2 Å². The smallest absolute Gasteiger partial charge is 0.330 e. The molecule has 0 bridgehead atoms. The van der Waals surface area contributed by atoms with E-state index in [2.05, 4.69) is 22.1 Å². The number of H-pyrrole nitrogens is 1. The molecule has 0 saturated heterocycles. The van der Waals surface area contributed by atoms with Gasteiger partial charge in [-0.1, -0.05) is 44.9 Å². The van der Waals surface area contributed by atoms with Gasteiger partial charge in [-0.05, 0) is 12.8 Å². The van der Waals surface area contributed by atoms with Gasteiger partial charge in [0.15, 0.2) is 10.8 Å². The molecule has 0 aliphatic carbocycles. The molecule has 0 aliphatic heterocycles. The number of aromatic amines is 1. The average molecular weight is 424 g/mol. The Morgan fingerprint density at radius 3 is 2.59 bits per heavy atom. The molecule has 0 radical (unpaired) electrons. The second kappa shape index (κ2) is 10.8. The first-order valence-electron chi connectivity index (χ1n) is 9.80. The monoisotopic (exact) mass is 423 g/mol. The van der Waals surface area contributed by atoms with E-state index in [1.807, 2.05) is 6.92 Å². The van der Waals surface area contributed by atoms with Gasteiger partial charge in [0.25, 0.3) is 5.56 Å². The third kappa shape index (κ3) is 5.72. The van der Waals surface area contributed by atoms with Crippen molar-refractivity contribution in [3.8, 4) is 0 Å². The van der Waals surface area contributed by atoms with E-state index in [1.54, 1.807) is 17.9 Å². The number of hydrogen-bond donors (Lipinski definition) is 2. The van der Waals surface area contributed by atoms with Crippen LogP contribution in [0.3, 0.4) is 0 Å². The van der Waals surface area contributed by atoms with Crippen molar-refractivity contribution >= 4 is 29.2 Å². The lowest BCUT2D eigenvalue weighted by Gasteiger charge is -2.24. The first-order valence-corrected chi connectivity index (χ1v) is 10.8. The lowest BCUT2D eigenvalue weighted by Crippen LogP contribution is -2.42. The minimum Gasteiger partial charge on any atom is -0.383 e. The van der Waals surface area contributed by atoms with Crippen molar-refractivity contribution in [2.45, 2.75) is 57.7 Å². The molecule has 2 aromatic heterocycles. The van der Waals surface area contributed by atoms with Gasteiger partial charge in [-0.2, -0.15) is 0 Å². The number of anilines is 2. The Kier molecular flexibility index (Phi) is 8.50. The van der Waals surface area contributed by atoms with E-state index in [-0.39, 0.29) is 23.2 Å². The number of nitrogens with zero attached hydrogens (tertiary/aromatic N) is 5. The number of nitrogens with one attached hydrogen (secondary N) is 1. The lowest BCUT2D eigenvalue weighted by atomic mass is 10.2. The van der Waals surface area contributed by atoms with Crippen molar-refractivity contribution in [3.05, 3.63) is 27.2 Å². The molecule has 0 unspecified atom stereocenters. The highest BCUT2D eigenvalue weighted by Gasteiger charge is 2.24. The topological polar surface area (TPSA) is 132 Å².